The second kappa shape index (κ2) is 9.88. The Bertz CT molecular complexity index is 1310. The molecular formula is C23H24ClFN6O4. The zero-order valence-electron chi connectivity index (χ0n) is 18.6. The van der Waals surface area contributed by atoms with E-state index >= 15 is 0 Å². The van der Waals surface area contributed by atoms with Crippen LogP contribution in [0.4, 0.5) is 10.1 Å². The first-order valence-electron chi connectivity index (χ1n) is 10.9. The van der Waals surface area contributed by atoms with Gasteiger partial charge in [-0.2, -0.15) is 5.10 Å². The number of aliphatic hydroxyl groups excluding tert-OH is 1. The fourth-order valence-electron chi connectivity index (χ4n) is 3.93. The molecular weight excluding hydrogens is 479 g/mol. The lowest BCUT2D eigenvalue weighted by atomic mass is 10.1. The number of nitrogens with two attached hydrogens (primary N) is 2. The number of benzene rings is 2. The van der Waals surface area contributed by atoms with Crippen molar-refractivity contribution in [1.29, 1.82) is 0 Å². The van der Waals surface area contributed by atoms with Gasteiger partial charge in [0.05, 0.1) is 29.7 Å². The van der Waals surface area contributed by atoms with Crippen LogP contribution in [-0.4, -0.2) is 56.7 Å². The molecule has 1 aromatic heterocycles. The van der Waals surface area contributed by atoms with Gasteiger partial charge < -0.3 is 26.8 Å². The van der Waals surface area contributed by atoms with Gasteiger partial charge in [-0.1, -0.05) is 23.7 Å². The number of halogens is 2. The topological polar surface area (TPSA) is 157 Å². The lowest BCUT2D eigenvalue weighted by molar-refractivity contribution is -0.137. The molecule has 6 N–H and O–H groups in total. The predicted molar refractivity (Wildman–Crippen MR) is 127 cm³/mol. The third-order valence-corrected chi connectivity index (χ3v) is 6.08. The monoisotopic (exact) mass is 502 g/mol. The van der Waals surface area contributed by atoms with E-state index in [1.807, 2.05) is 0 Å². The molecule has 1 heterocycles. The maximum Gasteiger partial charge on any atom is 0.269 e. The molecule has 4 rings (SSSR count). The summed E-state index contributed by atoms with van der Waals surface area (Å²) in [7, 11) is 0. The van der Waals surface area contributed by atoms with Crippen molar-refractivity contribution < 1.29 is 23.9 Å². The largest absolute Gasteiger partial charge is 0.399 e. The molecule has 1 aliphatic rings. The lowest BCUT2D eigenvalue weighted by Crippen LogP contribution is -2.44. The summed E-state index contributed by atoms with van der Waals surface area (Å²) in [5.41, 5.74) is 12.2. The minimum atomic E-state index is -1.03. The summed E-state index contributed by atoms with van der Waals surface area (Å²) in [6.07, 6.45) is 1.46. The van der Waals surface area contributed by atoms with Gasteiger partial charge in [0.25, 0.3) is 5.91 Å². The standard InChI is InChI=1S/C23H24ClFN6O4/c24-16-3-1-2-14(21(16)25)17(11-32)28-19(33)9-30(13-5-6-13)20(34)10-31-18-7-4-12(26)8-15(18)22(29-31)23(27)35/h1-4,7-8,13,17,32H,5-6,9-11,26H2,(H2,27,35)(H,28,33)/t17-/m1/s1. The quantitative estimate of drug-likeness (QED) is 0.323. The Labute approximate surface area is 204 Å². The summed E-state index contributed by atoms with van der Waals surface area (Å²) >= 11 is 5.81. The summed E-state index contributed by atoms with van der Waals surface area (Å²) in [6.45, 7) is -1.08. The highest BCUT2D eigenvalue weighted by Crippen LogP contribution is 2.28. The molecule has 0 unspecified atom stereocenters. The second-order valence-corrected chi connectivity index (χ2v) is 8.75. The normalized spacial score (nSPS) is 14.0. The third kappa shape index (κ3) is 5.20. The van der Waals surface area contributed by atoms with Crippen molar-refractivity contribution in [2.75, 3.05) is 18.9 Å². The van der Waals surface area contributed by atoms with Crippen LogP contribution in [0, 0.1) is 5.82 Å². The van der Waals surface area contributed by atoms with Gasteiger partial charge in [0.1, 0.15) is 12.4 Å². The molecule has 3 aromatic rings. The minimum Gasteiger partial charge on any atom is -0.399 e. The minimum absolute atomic E-state index is 0.00912. The van der Waals surface area contributed by atoms with Gasteiger partial charge in [0.15, 0.2) is 5.69 Å². The highest BCUT2D eigenvalue weighted by Gasteiger charge is 2.35. The Balaban J connectivity index is 1.51. The van der Waals surface area contributed by atoms with Gasteiger partial charge in [0.2, 0.25) is 11.8 Å². The van der Waals surface area contributed by atoms with E-state index < -0.39 is 36.2 Å². The number of hydrogen-bond acceptors (Lipinski definition) is 6. The molecule has 1 fully saturated rings. The average molecular weight is 503 g/mol. The maximum absolute atomic E-state index is 14.4. The smallest absolute Gasteiger partial charge is 0.269 e. The molecule has 0 aliphatic heterocycles. The van der Waals surface area contributed by atoms with Crippen LogP contribution in [-0.2, 0) is 16.1 Å². The highest BCUT2D eigenvalue weighted by molar-refractivity contribution is 6.30. The number of rotatable bonds is 9. The van der Waals surface area contributed by atoms with Crippen LogP contribution in [0.3, 0.4) is 0 Å². The van der Waals surface area contributed by atoms with E-state index in [0.29, 0.717) is 16.6 Å². The number of nitrogen functional groups attached to an aromatic ring is 1. The Morgan fingerprint density at radius 1 is 1.29 bits per heavy atom. The van der Waals surface area contributed by atoms with E-state index in [4.69, 9.17) is 23.1 Å². The second-order valence-electron chi connectivity index (χ2n) is 8.35. The van der Waals surface area contributed by atoms with Crippen LogP contribution in [0.2, 0.25) is 5.02 Å². The number of primary amides is 1. The molecule has 0 spiro atoms. The number of amides is 3. The molecule has 3 amide bonds. The zero-order chi connectivity index (χ0) is 25.3. The summed E-state index contributed by atoms with van der Waals surface area (Å²) in [5.74, 6) is -2.46. The van der Waals surface area contributed by atoms with Gasteiger partial charge >= 0.3 is 0 Å². The van der Waals surface area contributed by atoms with E-state index in [2.05, 4.69) is 10.4 Å². The Hall–Kier alpha value is -3.70. The van der Waals surface area contributed by atoms with Gasteiger partial charge in [0, 0.05) is 22.7 Å². The van der Waals surface area contributed by atoms with Crippen molar-refractivity contribution >= 4 is 45.9 Å². The van der Waals surface area contributed by atoms with Gasteiger partial charge in [-0.3, -0.25) is 19.1 Å². The molecule has 0 saturated heterocycles. The number of aliphatic hydroxyl groups is 1. The molecule has 35 heavy (non-hydrogen) atoms. The summed E-state index contributed by atoms with van der Waals surface area (Å²) in [4.78, 5) is 39.1. The van der Waals surface area contributed by atoms with Crippen LogP contribution in [0.5, 0.6) is 0 Å². The van der Waals surface area contributed by atoms with Crippen molar-refractivity contribution in [3.8, 4) is 0 Å². The van der Waals surface area contributed by atoms with E-state index in [9.17, 15) is 23.9 Å². The molecule has 2 aromatic carbocycles. The van der Waals surface area contributed by atoms with Crippen molar-refractivity contribution in [3.63, 3.8) is 0 Å². The SMILES string of the molecule is NC(=O)c1nn(CC(=O)N(CC(=O)N[C@H](CO)c2cccc(Cl)c2F)C2CC2)c2ccc(N)cc12. The molecule has 1 saturated carbocycles. The average Bonchev–Trinajstić information content (AvgIpc) is 3.59. The molecule has 12 heteroatoms. The molecule has 1 atom stereocenters. The lowest BCUT2D eigenvalue weighted by Gasteiger charge is -2.24. The summed E-state index contributed by atoms with van der Waals surface area (Å²) in [5, 5.41) is 16.7. The number of aromatic nitrogens is 2. The molecule has 10 nitrogen and oxygen atoms in total. The fraction of sp³-hybridized carbons (Fsp3) is 0.304. The van der Waals surface area contributed by atoms with Crippen LogP contribution < -0.4 is 16.8 Å². The van der Waals surface area contributed by atoms with Crippen molar-refractivity contribution in [2.24, 2.45) is 5.73 Å². The first-order valence-corrected chi connectivity index (χ1v) is 11.3. The summed E-state index contributed by atoms with van der Waals surface area (Å²) < 4.78 is 15.7. The van der Waals surface area contributed by atoms with Gasteiger partial charge in [-0.15, -0.1) is 0 Å². The first kappa shape index (κ1) is 24.4. The van der Waals surface area contributed by atoms with E-state index in [-0.39, 0.29) is 35.4 Å². The Morgan fingerprint density at radius 2 is 2.03 bits per heavy atom. The first-order chi connectivity index (χ1) is 16.7. The van der Waals surface area contributed by atoms with Crippen LogP contribution in [0.25, 0.3) is 10.9 Å². The number of anilines is 1. The number of hydrogen-bond donors (Lipinski definition) is 4. The molecule has 1 aliphatic carbocycles. The number of nitrogens with one attached hydrogen (secondary N) is 1. The molecule has 0 bridgehead atoms. The highest BCUT2D eigenvalue weighted by atomic mass is 35.5. The number of carbonyl (C=O) groups is 3. The number of fused-ring (bicyclic) bond motifs is 1. The Morgan fingerprint density at radius 3 is 2.69 bits per heavy atom. The Kier molecular flexibility index (Phi) is 6.90. The van der Waals surface area contributed by atoms with E-state index in [1.165, 1.54) is 27.8 Å². The number of nitrogens with zero attached hydrogens (tertiary/aromatic N) is 3. The van der Waals surface area contributed by atoms with Gasteiger partial charge in [-0.05, 0) is 37.1 Å². The van der Waals surface area contributed by atoms with Crippen LogP contribution >= 0.6 is 11.6 Å². The van der Waals surface area contributed by atoms with Crippen molar-refractivity contribution in [3.05, 3.63) is 58.5 Å². The number of carbonyl (C=O) groups excluding carboxylic acids is 3. The van der Waals surface area contributed by atoms with Crippen LogP contribution in [0.15, 0.2) is 36.4 Å². The molecule has 0 radical (unpaired) electrons. The summed E-state index contributed by atoms with van der Waals surface area (Å²) in [6, 6.07) is 7.94. The van der Waals surface area contributed by atoms with Gasteiger partial charge in [-0.25, -0.2) is 4.39 Å². The van der Waals surface area contributed by atoms with Crippen LogP contribution in [0.1, 0.15) is 34.9 Å². The maximum atomic E-state index is 14.4. The molecule has 184 valence electrons. The van der Waals surface area contributed by atoms with Crippen molar-refractivity contribution in [2.45, 2.75) is 31.5 Å². The third-order valence-electron chi connectivity index (χ3n) is 5.79. The van der Waals surface area contributed by atoms with E-state index in [1.54, 1.807) is 18.2 Å². The fourth-order valence-corrected chi connectivity index (χ4v) is 4.11. The predicted octanol–water partition coefficient (Wildman–Crippen LogP) is 1.35. The van der Waals surface area contributed by atoms with Crippen molar-refractivity contribution in [1.82, 2.24) is 20.0 Å². The zero-order valence-corrected chi connectivity index (χ0v) is 19.3. The van der Waals surface area contributed by atoms with E-state index in [0.717, 1.165) is 12.8 Å².